The average Bonchev–Trinajstić information content (AvgIpc) is 2.88. The van der Waals surface area contributed by atoms with Crippen LogP contribution in [0.2, 0.25) is 0 Å². The lowest BCUT2D eigenvalue weighted by Gasteiger charge is -2.25. The van der Waals surface area contributed by atoms with E-state index < -0.39 is 0 Å². The van der Waals surface area contributed by atoms with Gasteiger partial charge in [0.15, 0.2) is 0 Å². The van der Waals surface area contributed by atoms with Crippen molar-refractivity contribution in [2.45, 2.75) is 44.6 Å². The molecule has 1 aliphatic rings. The highest BCUT2D eigenvalue weighted by Gasteiger charge is 2.21. The van der Waals surface area contributed by atoms with E-state index in [0.29, 0.717) is 0 Å². The minimum absolute atomic E-state index is 0.198. The number of aryl methyl sites for hydroxylation is 2. The molecule has 0 spiro atoms. The zero-order valence-corrected chi connectivity index (χ0v) is 12.5. The number of fused-ring (bicyclic) bond motifs is 1. The Morgan fingerprint density at radius 1 is 0.952 bits per heavy atom. The van der Waals surface area contributed by atoms with Crippen LogP contribution >= 0.6 is 0 Å². The molecule has 0 bridgehead atoms. The molecule has 21 heavy (non-hydrogen) atoms. The molecule has 0 amide bonds. The van der Waals surface area contributed by atoms with Gasteiger partial charge in [-0.1, -0.05) is 30.3 Å². The minimum Gasteiger partial charge on any atom is -0.325 e. The van der Waals surface area contributed by atoms with Gasteiger partial charge in [0.2, 0.25) is 0 Å². The van der Waals surface area contributed by atoms with Gasteiger partial charge in [0.1, 0.15) is 5.82 Å². The van der Waals surface area contributed by atoms with Crippen LogP contribution < -0.4 is 5.73 Å². The Morgan fingerprint density at radius 3 is 2.33 bits per heavy atom. The zero-order chi connectivity index (χ0) is 14.9. The quantitative estimate of drug-likeness (QED) is 0.907. The fourth-order valence-electron chi connectivity index (χ4n) is 3.33. The Kier molecular flexibility index (Phi) is 3.81. The smallest absolute Gasteiger partial charge is 0.123 e. The molecule has 1 nitrogen and oxygen atoms in total. The van der Waals surface area contributed by atoms with Crippen LogP contribution in [0.5, 0.6) is 0 Å². The van der Waals surface area contributed by atoms with E-state index in [1.54, 1.807) is 0 Å². The van der Waals surface area contributed by atoms with Crippen LogP contribution in [0.15, 0.2) is 42.5 Å². The summed E-state index contributed by atoms with van der Waals surface area (Å²) in [5.74, 6) is -0.198. The average molecular weight is 283 g/mol. The minimum atomic E-state index is -0.315. The van der Waals surface area contributed by atoms with Gasteiger partial charge in [-0.3, -0.25) is 0 Å². The van der Waals surface area contributed by atoms with Gasteiger partial charge in [-0.05, 0) is 73.4 Å². The fourth-order valence-corrected chi connectivity index (χ4v) is 3.33. The third-order valence-electron chi connectivity index (χ3n) is 4.29. The normalized spacial score (nSPS) is 16.5. The van der Waals surface area contributed by atoms with Gasteiger partial charge in [0, 0.05) is 5.54 Å². The van der Waals surface area contributed by atoms with Crippen molar-refractivity contribution in [1.82, 2.24) is 0 Å². The molecule has 0 saturated heterocycles. The summed E-state index contributed by atoms with van der Waals surface area (Å²) < 4.78 is 13.0. The van der Waals surface area contributed by atoms with Gasteiger partial charge >= 0.3 is 0 Å². The van der Waals surface area contributed by atoms with Gasteiger partial charge in [-0.2, -0.15) is 0 Å². The first-order valence-electron chi connectivity index (χ1n) is 7.66. The van der Waals surface area contributed by atoms with Crippen molar-refractivity contribution in [3.8, 4) is 0 Å². The largest absolute Gasteiger partial charge is 0.325 e. The molecule has 0 aliphatic heterocycles. The van der Waals surface area contributed by atoms with Crippen LogP contribution in [0.25, 0.3) is 0 Å². The van der Waals surface area contributed by atoms with Crippen LogP contribution in [-0.4, -0.2) is 5.54 Å². The summed E-state index contributed by atoms with van der Waals surface area (Å²) in [6.45, 7) is 2.07. The second kappa shape index (κ2) is 5.61. The Balaban J connectivity index is 1.71. The van der Waals surface area contributed by atoms with Crippen molar-refractivity contribution in [3.05, 3.63) is 70.5 Å². The van der Waals surface area contributed by atoms with Gasteiger partial charge in [0.25, 0.3) is 0 Å². The SMILES string of the molecule is CC(N)(Cc1ccc(F)cc1)Cc1ccc2c(c1)CCC2. The predicted molar refractivity (Wildman–Crippen MR) is 84.9 cm³/mol. The third kappa shape index (κ3) is 3.51. The number of hydrogen-bond acceptors (Lipinski definition) is 1. The predicted octanol–water partition coefficient (Wildman–Crippen LogP) is 3.82. The number of nitrogens with two attached hydrogens (primary N) is 1. The fraction of sp³-hybridized carbons (Fsp3) is 0.368. The first-order chi connectivity index (χ1) is 10.0. The summed E-state index contributed by atoms with van der Waals surface area (Å²) in [6, 6.07) is 13.4. The Labute approximate surface area is 126 Å². The second-order valence-corrected chi connectivity index (χ2v) is 6.59. The van der Waals surface area contributed by atoms with E-state index in [0.717, 1.165) is 18.4 Å². The van der Waals surface area contributed by atoms with E-state index in [1.165, 1.54) is 48.1 Å². The molecule has 0 saturated carbocycles. The van der Waals surface area contributed by atoms with Crippen LogP contribution in [0.1, 0.15) is 35.6 Å². The molecule has 2 N–H and O–H groups in total. The molecule has 2 heteroatoms. The highest BCUT2D eigenvalue weighted by Crippen LogP contribution is 2.25. The molecule has 2 aromatic rings. The Morgan fingerprint density at radius 2 is 1.57 bits per heavy atom. The molecule has 0 heterocycles. The number of benzene rings is 2. The number of halogens is 1. The maximum atomic E-state index is 13.0. The van der Waals surface area contributed by atoms with E-state index in [2.05, 4.69) is 25.1 Å². The first kappa shape index (κ1) is 14.3. The lowest BCUT2D eigenvalue weighted by Crippen LogP contribution is -2.40. The molecule has 3 rings (SSSR count). The van der Waals surface area contributed by atoms with E-state index in [9.17, 15) is 4.39 Å². The number of hydrogen-bond donors (Lipinski definition) is 1. The molecule has 2 aromatic carbocycles. The van der Waals surface area contributed by atoms with E-state index in [4.69, 9.17) is 5.73 Å². The van der Waals surface area contributed by atoms with Gasteiger partial charge < -0.3 is 5.73 Å². The topological polar surface area (TPSA) is 26.0 Å². The van der Waals surface area contributed by atoms with Crippen molar-refractivity contribution in [1.29, 1.82) is 0 Å². The van der Waals surface area contributed by atoms with Crippen LogP contribution in [0.3, 0.4) is 0 Å². The summed E-state index contributed by atoms with van der Waals surface area (Å²) in [5, 5.41) is 0. The molecule has 110 valence electrons. The molecular formula is C19H22FN. The molecule has 1 atom stereocenters. The van der Waals surface area contributed by atoms with Gasteiger partial charge in [-0.15, -0.1) is 0 Å². The molecule has 0 fully saturated rings. The lowest BCUT2D eigenvalue weighted by molar-refractivity contribution is 0.462. The Bertz CT molecular complexity index is 629. The third-order valence-corrected chi connectivity index (χ3v) is 4.29. The summed E-state index contributed by atoms with van der Waals surface area (Å²) in [5.41, 5.74) is 11.5. The standard InChI is InChI=1S/C19H22FN/c1-19(21,12-14-6-9-18(20)10-7-14)13-15-5-8-16-3-2-4-17(16)11-15/h5-11H,2-4,12-13,21H2,1H3. The van der Waals surface area contributed by atoms with Crippen molar-refractivity contribution < 1.29 is 4.39 Å². The molecule has 1 unspecified atom stereocenters. The van der Waals surface area contributed by atoms with Crippen molar-refractivity contribution in [2.75, 3.05) is 0 Å². The highest BCUT2D eigenvalue weighted by molar-refractivity contribution is 5.36. The first-order valence-corrected chi connectivity index (χ1v) is 7.66. The molecular weight excluding hydrogens is 261 g/mol. The summed E-state index contributed by atoms with van der Waals surface area (Å²) in [6.07, 6.45) is 5.28. The summed E-state index contributed by atoms with van der Waals surface area (Å²) >= 11 is 0. The van der Waals surface area contributed by atoms with E-state index in [1.807, 2.05) is 12.1 Å². The maximum absolute atomic E-state index is 13.0. The van der Waals surface area contributed by atoms with Gasteiger partial charge in [0.05, 0.1) is 0 Å². The lowest BCUT2D eigenvalue weighted by atomic mass is 9.87. The summed E-state index contributed by atoms with van der Waals surface area (Å²) in [7, 11) is 0. The maximum Gasteiger partial charge on any atom is 0.123 e. The summed E-state index contributed by atoms with van der Waals surface area (Å²) in [4.78, 5) is 0. The van der Waals surface area contributed by atoms with Crippen molar-refractivity contribution >= 4 is 0 Å². The van der Waals surface area contributed by atoms with Crippen molar-refractivity contribution in [3.63, 3.8) is 0 Å². The molecule has 0 radical (unpaired) electrons. The Hall–Kier alpha value is -1.67. The zero-order valence-electron chi connectivity index (χ0n) is 12.5. The van der Waals surface area contributed by atoms with Gasteiger partial charge in [-0.25, -0.2) is 4.39 Å². The molecule has 1 aliphatic carbocycles. The molecule has 0 aromatic heterocycles. The highest BCUT2D eigenvalue weighted by atomic mass is 19.1. The van der Waals surface area contributed by atoms with E-state index in [-0.39, 0.29) is 11.4 Å². The number of rotatable bonds is 4. The second-order valence-electron chi connectivity index (χ2n) is 6.59. The van der Waals surface area contributed by atoms with Crippen molar-refractivity contribution in [2.24, 2.45) is 5.73 Å². The van der Waals surface area contributed by atoms with E-state index >= 15 is 0 Å². The van der Waals surface area contributed by atoms with Crippen LogP contribution in [0.4, 0.5) is 4.39 Å². The monoisotopic (exact) mass is 283 g/mol. The van der Waals surface area contributed by atoms with Crippen LogP contribution in [-0.2, 0) is 25.7 Å². The van der Waals surface area contributed by atoms with Crippen LogP contribution in [0, 0.1) is 5.82 Å².